The molecule has 3 rings (SSSR count). The van der Waals surface area contributed by atoms with Gasteiger partial charge in [0.25, 0.3) is 0 Å². The molecule has 0 fully saturated rings. The Morgan fingerprint density at radius 2 is 1.39 bits per heavy atom. The van der Waals surface area contributed by atoms with E-state index in [1.54, 1.807) is 18.9 Å². The SMILES string of the molecule is COc1ccc(SC(c2ccccc2)c2ccc(F)cc2)cc1. The average molecular weight is 324 g/mol. The minimum atomic E-state index is -0.213. The Balaban J connectivity index is 1.93. The van der Waals surface area contributed by atoms with E-state index in [4.69, 9.17) is 4.74 Å². The quantitative estimate of drug-likeness (QED) is 0.555. The van der Waals surface area contributed by atoms with Crippen LogP contribution in [0.25, 0.3) is 0 Å². The number of ether oxygens (including phenoxy) is 1. The van der Waals surface area contributed by atoms with Crippen molar-refractivity contribution in [3.05, 3.63) is 95.8 Å². The van der Waals surface area contributed by atoms with Gasteiger partial charge >= 0.3 is 0 Å². The van der Waals surface area contributed by atoms with Crippen molar-refractivity contribution in [1.29, 1.82) is 0 Å². The Morgan fingerprint density at radius 3 is 2.00 bits per heavy atom. The smallest absolute Gasteiger partial charge is 0.123 e. The van der Waals surface area contributed by atoms with Crippen molar-refractivity contribution in [3.8, 4) is 5.75 Å². The summed E-state index contributed by atoms with van der Waals surface area (Å²) in [7, 11) is 1.66. The van der Waals surface area contributed by atoms with Crippen molar-refractivity contribution >= 4 is 11.8 Å². The largest absolute Gasteiger partial charge is 0.497 e. The van der Waals surface area contributed by atoms with Crippen molar-refractivity contribution in [2.24, 2.45) is 0 Å². The van der Waals surface area contributed by atoms with Gasteiger partial charge in [-0.3, -0.25) is 0 Å². The molecule has 0 aliphatic rings. The Labute approximate surface area is 140 Å². The fourth-order valence-corrected chi connectivity index (χ4v) is 3.54. The van der Waals surface area contributed by atoms with Gasteiger partial charge in [-0.25, -0.2) is 4.39 Å². The van der Waals surface area contributed by atoms with Gasteiger partial charge < -0.3 is 4.74 Å². The van der Waals surface area contributed by atoms with Gasteiger partial charge in [-0.15, -0.1) is 11.8 Å². The summed E-state index contributed by atoms with van der Waals surface area (Å²) >= 11 is 1.74. The van der Waals surface area contributed by atoms with E-state index in [0.717, 1.165) is 16.2 Å². The molecule has 0 heterocycles. The fourth-order valence-electron chi connectivity index (χ4n) is 2.38. The fraction of sp³-hybridized carbons (Fsp3) is 0.100. The molecule has 0 radical (unpaired) electrons. The highest BCUT2D eigenvalue weighted by molar-refractivity contribution is 7.99. The number of rotatable bonds is 5. The van der Waals surface area contributed by atoms with Crippen LogP contribution in [0, 0.1) is 5.82 Å². The molecule has 0 aliphatic heterocycles. The van der Waals surface area contributed by atoms with E-state index in [2.05, 4.69) is 12.1 Å². The molecule has 1 nitrogen and oxygen atoms in total. The molecular weight excluding hydrogens is 307 g/mol. The lowest BCUT2D eigenvalue weighted by molar-refractivity contribution is 0.414. The number of thioether (sulfide) groups is 1. The lowest BCUT2D eigenvalue weighted by Crippen LogP contribution is -1.97. The standard InChI is InChI=1S/C20H17FOS/c1-22-18-11-13-19(14-12-18)23-20(15-5-3-2-4-6-15)16-7-9-17(21)10-8-16/h2-14,20H,1H3. The highest BCUT2D eigenvalue weighted by Crippen LogP contribution is 2.40. The van der Waals surface area contributed by atoms with E-state index in [0.29, 0.717) is 0 Å². The third-order valence-electron chi connectivity index (χ3n) is 3.59. The van der Waals surface area contributed by atoms with Gasteiger partial charge in [0.1, 0.15) is 11.6 Å². The van der Waals surface area contributed by atoms with Gasteiger partial charge in [0.05, 0.1) is 12.4 Å². The summed E-state index contributed by atoms with van der Waals surface area (Å²) in [5, 5.41) is 0.116. The zero-order chi connectivity index (χ0) is 16.1. The molecule has 0 aromatic heterocycles. The first kappa shape index (κ1) is 15.6. The number of benzene rings is 3. The minimum absolute atomic E-state index is 0.116. The monoisotopic (exact) mass is 324 g/mol. The van der Waals surface area contributed by atoms with E-state index >= 15 is 0 Å². The molecule has 0 spiro atoms. The second-order valence-electron chi connectivity index (χ2n) is 5.14. The summed E-state index contributed by atoms with van der Waals surface area (Å²) in [4.78, 5) is 1.14. The Hall–Kier alpha value is -2.26. The average Bonchev–Trinajstić information content (AvgIpc) is 2.62. The highest BCUT2D eigenvalue weighted by atomic mass is 32.2. The van der Waals surface area contributed by atoms with Crippen LogP contribution in [0.5, 0.6) is 5.75 Å². The third kappa shape index (κ3) is 3.93. The lowest BCUT2D eigenvalue weighted by Gasteiger charge is -2.18. The summed E-state index contributed by atoms with van der Waals surface area (Å²) in [6, 6.07) is 25.0. The van der Waals surface area contributed by atoms with Crippen LogP contribution in [0.1, 0.15) is 16.4 Å². The summed E-state index contributed by atoms with van der Waals surface area (Å²) in [5.41, 5.74) is 2.28. The van der Waals surface area contributed by atoms with E-state index in [-0.39, 0.29) is 11.1 Å². The lowest BCUT2D eigenvalue weighted by atomic mass is 10.0. The van der Waals surface area contributed by atoms with Crippen LogP contribution < -0.4 is 4.74 Å². The number of halogens is 1. The number of hydrogen-bond donors (Lipinski definition) is 0. The van der Waals surface area contributed by atoms with E-state index < -0.39 is 0 Å². The zero-order valence-electron chi connectivity index (χ0n) is 12.8. The van der Waals surface area contributed by atoms with E-state index in [1.165, 1.54) is 17.7 Å². The highest BCUT2D eigenvalue weighted by Gasteiger charge is 2.15. The van der Waals surface area contributed by atoms with Crippen LogP contribution in [0.3, 0.4) is 0 Å². The minimum Gasteiger partial charge on any atom is -0.497 e. The zero-order valence-corrected chi connectivity index (χ0v) is 13.6. The molecule has 0 N–H and O–H groups in total. The second-order valence-corrected chi connectivity index (χ2v) is 6.31. The maximum absolute atomic E-state index is 13.2. The maximum atomic E-state index is 13.2. The molecule has 0 amide bonds. The Kier molecular flexibility index (Phi) is 4.99. The van der Waals surface area contributed by atoms with E-state index in [9.17, 15) is 4.39 Å². The van der Waals surface area contributed by atoms with Crippen molar-refractivity contribution in [2.45, 2.75) is 10.1 Å². The molecule has 3 aromatic rings. The van der Waals surface area contributed by atoms with Crippen molar-refractivity contribution < 1.29 is 9.13 Å². The predicted molar refractivity (Wildman–Crippen MR) is 93.5 cm³/mol. The van der Waals surface area contributed by atoms with Gasteiger partial charge in [-0.05, 0) is 47.5 Å². The molecular formula is C20H17FOS. The van der Waals surface area contributed by atoms with Crippen LogP contribution in [0.2, 0.25) is 0 Å². The molecule has 23 heavy (non-hydrogen) atoms. The third-order valence-corrected chi connectivity index (χ3v) is 4.91. The Bertz CT molecular complexity index is 739. The molecule has 1 unspecified atom stereocenters. The van der Waals surface area contributed by atoms with Gasteiger partial charge in [0.2, 0.25) is 0 Å². The van der Waals surface area contributed by atoms with Crippen LogP contribution in [-0.2, 0) is 0 Å². The van der Waals surface area contributed by atoms with Crippen molar-refractivity contribution in [3.63, 3.8) is 0 Å². The maximum Gasteiger partial charge on any atom is 0.123 e. The second kappa shape index (κ2) is 7.34. The van der Waals surface area contributed by atoms with Gasteiger partial charge in [0.15, 0.2) is 0 Å². The normalized spacial score (nSPS) is 11.9. The number of hydrogen-bond acceptors (Lipinski definition) is 2. The van der Waals surface area contributed by atoms with Crippen LogP contribution >= 0.6 is 11.8 Å². The van der Waals surface area contributed by atoms with Gasteiger partial charge in [-0.2, -0.15) is 0 Å². The van der Waals surface area contributed by atoms with Crippen LogP contribution in [0.15, 0.2) is 83.8 Å². The molecule has 0 aliphatic carbocycles. The first-order valence-corrected chi connectivity index (χ1v) is 8.25. The molecule has 0 saturated carbocycles. The molecule has 3 heteroatoms. The molecule has 0 saturated heterocycles. The first-order chi connectivity index (χ1) is 11.3. The van der Waals surface area contributed by atoms with Gasteiger partial charge in [-0.1, -0.05) is 42.5 Å². The summed E-state index contributed by atoms with van der Waals surface area (Å²) in [5.74, 6) is 0.627. The summed E-state index contributed by atoms with van der Waals surface area (Å²) in [6.45, 7) is 0. The summed E-state index contributed by atoms with van der Waals surface area (Å²) in [6.07, 6.45) is 0. The van der Waals surface area contributed by atoms with Gasteiger partial charge in [0, 0.05) is 4.90 Å². The van der Waals surface area contributed by atoms with Crippen molar-refractivity contribution in [2.75, 3.05) is 7.11 Å². The Morgan fingerprint density at radius 1 is 0.783 bits per heavy atom. The molecule has 1 atom stereocenters. The molecule has 3 aromatic carbocycles. The topological polar surface area (TPSA) is 9.23 Å². The van der Waals surface area contributed by atoms with E-state index in [1.807, 2.05) is 54.6 Å². The molecule has 116 valence electrons. The summed E-state index contributed by atoms with van der Waals surface area (Å²) < 4.78 is 18.4. The predicted octanol–water partition coefficient (Wildman–Crippen LogP) is 5.72. The number of methoxy groups -OCH3 is 1. The van der Waals surface area contributed by atoms with Crippen LogP contribution in [0.4, 0.5) is 4.39 Å². The molecule has 0 bridgehead atoms. The first-order valence-electron chi connectivity index (χ1n) is 7.37. The van der Waals surface area contributed by atoms with Crippen molar-refractivity contribution in [1.82, 2.24) is 0 Å². The van der Waals surface area contributed by atoms with Crippen LogP contribution in [-0.4, -0.2) is 7.11 Å².